The van der Waals surface area contributed by atoms with Crippen LogP contribution < -0.4 is 15.5 Å². The molecular weight excluding hydrogens is 442 g/mol. The number of carbonyl (C=O) groups excluding carboxylic acids is 3. The van der Waals surface area contributed by atoms with Crippen molar-refractivity contribution in [1.29, 1.82) is 0 Å². The Bertz CT molecular complexity index is 1150. The summed E-state index contributed by atoms with van der Waals surface area (Å²) < 4.78 is 5.74. The molecule has 0 atom stereocenters. The van der Waals surface area contributed by atoms with Crippen LogP contribution in [0.3, 0.4) is 0 Å². The van der Waals surface area contributed by atoms with Crippen LogP contribution in [0.2, 0.25) is 0 Å². The van der Waals surface area contributed by atoms with Crippen molar-refractivity contribution in [2.45, 2.75) is 32.6 Å². The molecular formula is C28H29N3O4. The summed E-state index contributed by atoms with van der Waals surface area (Å²) in [7, 11) is 0. The first-order valence-electron chi connectivity index (χ1n) is 11.7. The van der Waals surface area contributed by atoms with Gasteiger partial charge in [0.25, 0.3) is 5.91 Å². The molecule has 0 bridgehead atoms. The molecule has 3 amide bonds. The number of hydrogen-bond acceptors (Lipinski definition) is 4. The number of nitrogens with zero attached hydrogens (tertiary/aromatic N) is 1. The largest absolute Gasteiger partial charge is 0.372 e. The molecule has 35 heavy (non-hydrogen) atoms. The molecule has 1 fully saturated rings. The summed E-state index contributed by atoms with van der Waals surface area (Å²) in [6.07, 6.45) is 1.41. The summed E-state index contributed by atoms with van der Waals surface area (Å²) in [5.41, 5.74) is 4.38. The number of anilines is 1. The normalized spacial score (nSPS) is 13.0. The van der Waals surface area contributed by atoms with E-state index in [9.17, 15) is 14.4 Å². The van der Waals surface area contributed by atoms with Gasteiger partial charge in [0, 0.05) is 30.8 Å². The van der Waals surface area contributed by atoms with E-state index < -0.39 is 0 Å². The smallest absolute Gasteiger partial charge is 0.251 e. The zero-order valence-corrected chi connectivity index (χ0v) is 19.5. The Morgan fingerprint density at radius 3 is 2.11 bits per heavy atom. The van der Waals surface area contributed by atoms with Crippen molar-refractivity contribution in [1.82, 2.24) is 10.6 Å². The average Bonchev–Trinajstić information content (AvgIpc) is 3.33. The number of rotatable bonds is 10. The van der Waals surface area contributed by atoms with Gasteiger partial charge in [-0.15, -0.1) is 0 Å². The van der Waals surface area contributed by atoms with Crippen LogP contribution in [0.15, 0.2) is 78.9 Å². The minimum absolute atomic E-state index is 0.102. The van der Waals surface area contributed by atoms with Crippen LogP contribution in [-0.2, 0) is 34.1 Å². The lowest BCUT2D eigenvalue weighted by atomic mass is 10.1. The first-order chi connectivity index (χ1) is 17.1. The molecule has 0 saturated carbocycles. The van der Waals surface area contributed by atoms with Crippen LogP contribution in [0, 0.1) is 0 Å². The highest BCUT2D eigenvalue weighted by Crippen LogP contribution is 2.21. The molecule has 0 aliphatic carbocycles. The maximum absolute atomic E-state index is 12.4. The lowest BCUT2D eigenvalue weighted by Crippen LogP contribution is -2.36. The van der Waals surface area contributed by atoms with Crippen LogP contribution in [0.1, 0.15) is 39.9 Å². The number of benzene rings is 3. The molecule has 0 aromatic heterocycles. The highest BCUT2D eigenvalue weighted by Gasteiger charge is 2.21. The van der Waals surface area contributed by atoms with Crippen molar-refractivity contribution in [2.24, 2.45) is 0 Å². The van der Waals surface area contributed by atoms with Crippen molar-refractivity contribution in [3.8, 4) is 0 Å². The molecule has 4 rings (SSSR count). The third kappa shape index (κ3) is 7.01. The Labute approximate surface area is 205 Å². The van der Waals surface area contributed by atoms with E-state index >= 15 is 0 Å². The van der Waals surface area contributed by atoms with E-state index in [1.807, 2.05) is 54.6 Å². The Morgan fingerprint density at radius 1 is 0.800 bits per heavy atom. The molecule has 1 aliphatic heterocycles. The average molecular weight is 472 g/mol. The topological polar surface area (TPSA) is 87.7 Å². The molecule has 1 saturated heterocycles. The zero-order valence-electron chi connectivity index (χ0n) is 19.5. The van der Waals surface area contributed by atoms with Gasteiger partial charge in [-0.3, -0.25) is 14.4 Å². The number of nitrogens with one attached hydrogen (secondary N) is 2. The van der Waals surface area contributed by atoms with Gasteiger partial charge in [-0.05, 0) is 47.4 Å². The zero-order chi connectivity index (χ0) is 24.5. The second-order valence-electron chi connectivity index (χ2n) is 8.45. The van der Waals surface area contributed by atoms with Gasteiger partial charge in [-0.2, -0.15) is 0 Å². The Balaban J connectivity index is 1.16. The minimum Gasteiger partial charge on any atom is -0.372 e. The van der Waals surface area contributed by atoms with Gasteiger partial charge >= 0.3 is 0 Å². The van der Waals surface area contributed by atoms with Crippen molar-refractivity contribution >= 4 is 23.4 Å². The van der Waals surface area contributed by atoms with Crippen molar-refractivity contribution in [2.75, 3.05) is 18.0 Å². The van der Waals surface area contributed by atoms with Crippen LogP contribution in [0.25, 0.3) is 0 Å². The Kier molecular flexibility index (Phi) is 8.25. The van der Waals surface area contributed by atoms with Crippen LogP contribution in [0.4, 0.5) is 5.69 Å². The Morgan fingerprint density at radius 2 is 1.46 bits per heavy atom. The predicted octanol–water partition coefficient (Wildman–Crippen LogP) is 3.58. The van der Waals surface area contributed by atoms with Crippen LogP contribution >= 0.6 is 0 Å². The van der Waals surface area contributed by atoms with Gasteiger partial charge in [0.1, 0.15) is 0 Å². The molecule has 7 nitrogen and oxygen atoms in total. The molecule has 1 heterocycles. The van der Waals surface area contributed by atoms with E-state index in [0.29, 0.717) is 38.3 Å². The highest BCUT2D eigenvalue weighted by molar-refractivity contribution is 5.98. The van der Waals surface area contributed by atoms with Gasteiger partial charge < -0.3 is 20.3 Å². The van der Waals surface area contributed by atoms with E-state index in [-0.39, 0.29) is 24.3 Å². The maximum Gasteiger partial charge on any atom is 0.251 e. The highest BCUT2D eigenvalue weighted by atomic mass is 16.5. The molecule has 0 radical (unpaired) electrons. The summed E-state index contributed by atoms with van der Waals surface area (Å²) in [6, 6.07) is 24.7. The van der Waals surface area contributed by atoms with Crippen molar-refractivity contribution in [3.05, 3.63) is 101 Å². The van der Waals surface area contributed by atoms with E-state index in [4.69, 9.17) is 4.74 Å². The third-order valence-electron chi connectivity index (χ3n) is 5.82. The molecule has 2 N–H and O–H groups in total. The minimum atomic E-state index is -0.334. The summed E-state index contributed by atoms with van der Waals surface area (Å²) in [5.74, 6) is -0.503. The number of amides is 3. The van der Waals surface area contributed by atoms with E-state index in [1.54, 1.807) is 29.2 Å². The second kappa shape index (κ2) is 11.9. The molecule has 3 aromatic carbocycles. The summed E-state index contributed by atoms with van der Waals surface area (Å²) in [4.78, 5) is 38.1. The predicted molar refractivity (Wildman–Crippen MR) is 134 cm³/mol. The molecule has 3 aromatic rings. The quantitative estimate of drug-likeness (QED) is 0.473. The third-order valence-corrected chi connectivity index (χ3v) is 5.82. The monoisotopic (exact) mass is 471 g/mol. The maximum atomic E-state index is 12.4. The van der Waals surface area contributed by atoms with E-state index in [0.717, 1.165) is 28.8 Å². The Hall–Kier alpha value is -3.97. The fraction of sp³-hybridized carbons (Fsp3) is 0.250. The lowest BCUT2D eigenvalue weighted by molar-refractivity contribution is -0.120. The summed E-state index contributed by atoms with van der Waals surface area (Å²) in [6.45, 7) is 2.04. The fourth-order valence-electron chi connectivity index (χ4n) is 3.85. The van der Waals surface area contributed by atoms with Crippen molar-refractivity contribution in [3.63, 3.8) is 0 Å². The van der Waals surface area contributed by atoms with Gasteiger partial charge in [-0.1, -0.05) is 54.6 Å². The SMILES string of the molecule is O=C(CNC(=O)c1ccc(N2CCCC2=O)cc1)NCc1ccc(COCc2ccccc2)cc1. The van der Waals surface area contributed by atoms with Crippen LogP contribution in [0.5, 0.6) is 0 Å². The first kappa shape index (κ1) is 24.2. The fourth-order valence-corrected chi connectivity index (χ4v) is 3.85. The second-order valence-corrected chi connectivity index (χ2v) is 8.45. The summed E-state index contributed by atoms with van der Waals surface area (Å²) >= 11 is 0. The van der Waals surface area contributed by atoms with Gasteiger partial charge in [0.05, 0.1) is 19.8 Å². The summed E-state index contributed by atoms with van der Waals surface area (Å²) in [5, 5.41) is 5.44. The number of carbonyl (C=O) groups is 3. The van der Waals surface area contributed by atoms with E-state index in [1.165, 1.54) is 0 Å². The number of ether oxygens (including phenoxy) is 1. The van der Waals surface area contributed by atoms with Gasteiger partial charge in [-0.25, -0.2) is 0 Å². The van der Waals surface area contributed by atoms with Gasteiger partial charge in [0.2, 0.25) is 11.8 Å². The molecule has 1 aliphatic rings. The first-order valence-corrected chi connectivity index (χ1v) is 11.7. The molecule has 0 unspecified atom stereocenters. The standard InChI is InChI=1S/C28H29N3O4/c32-26(18-30-28(34)24-12-14-25(15-13-24)31-16-4-7-27(31)33)29-17-21-8-10-23(11-9-21)20-35-19-22-5-2-1-3-6-22/h1-3,5-6,8-15H,4,7,16-20H2,(H,29,32)(H,30,34). The van der Waals surface area contributed by atoms with Crippen molar-refractivity contribution < 1.29 is 19.1 Å². The molecule has 180 valence electrons. The van der Waals surface area contributed by atoms with Gasteiger partial charge in [0.15, 0.2) is 0 Å². The van der Waals surface area contributed by atoms with E-state index in [2.05, 4.69) is 10.6 Å². The molecule has 7 heteroatoms. The lowest BCUT2D eigenvalue weighted by Gasteiger charge is -2.15. The van der Waals surface area contributed by atoms with Crippen LogP contribution in [-0.4, -0.2) is 30.8 Å². The molecule has 0 spiro atoms. The number of hydrogen-bond donors (Lipinski definition) is 2.